The van der Waals surface area contributed by atoms with E-state index in [4.69, 9.17) is 17.3 Å². The summed E-state index contributed by atoms with van der Waals surface area (Å²) < 4.78 is 14.5. The van der Waals surface area contributed by atoms with Gasteiger partial charge in [0.15, 0.2) is 5.69 Å². The first-order chi connectivity index (χ1) is 9.63. The van der Waals surface area contributed by atoms with Crippen molar-refractivity contribution in [3.63, 3.8) is 0 Å². The molecule has 3 aromatic rings. The van der Waals surface area contributed by atoms with Crippen molar-refractivity contribution >= 4 is 46.1 Å². The number of ether oxygens (including phenoxy) is 1. The SMILES string of the molecule is COC(=O)c1ncn(-c2c(Cl)ccc3nsnc23)c1N. The van der Waals surface area contributed by atoms with Gasteiger partial charge in [0.25, 0.3) is 0 Å². The Kier molecular flexibility index (Phi) is 3.03. The lowest BCUT2D eigenvalue weighted by molar-refractivity contribution is 0.0596. The fourth-order valence-corrected chi connectivity index (χ4v) is 2.61. The number of rotatable bonds is 2. The van der Waals surface area contributed by atoms with Crippen LogP contribution in [0.4, 0.5) is 5.82 Å². The van der Waals surface area contributed by atoms with E-state index in [1.54, 1.807) is 12.1 Å². The largest absolute Gasteiger partial charge is 0.464 e. The van der Waals surface area contributed by atoms with E-state index < -0.39 is 5.97 Å². The molecule has 2 heterocycles. The molecule has 0 saturated heterocycles. The highest BCUT2D eigenvalue weighted by Crippen LogP contribution is 2.31. The molecule has 0 unspecified atom stereocenters. The third-order valence-electron chi connectivity index (χ3n) is 2.78. The fourth-order valence-electron chi connectivity index (χ4n) is 1.83. The zero-order valence-electron chi connectivity index (χ0n) is 10.2. The first kappa shape index (κ1) is 12.8. The molecular formula is C11H8ClN5O2S. The number of imidazole rings is 1. The van der Waals surface area contributed by atoms with Crippen LogP contribution in [0.5, 0.6) is 0 Å². The Morgan fingerprint density at radius 1 is 1.45 bits per heavy atom. The molecule has 20 heavy (non-hydrogen) atoms. The number of aromatic nitrogens is 4. The summed E-state index contributed by atoms with van der Waals surface area (Å²) in [5.74, 6) is -0.472. The van der Waals surface area contributed by atoms with E-state index in [0.717, 1.165) is 11.7 Å². The van der Waals surface area contributed by atoms with Gasteiger partial charge in [0.1, 0.15) is 23.2 Å². The number of benzene rings is 1. The number of anilines is 1. The summed E-state index contributed by atoms with van der Waals surface area (Å²) in [6, 6.07) is 3.46. The number of nitrogens with zero attached hydrogens (tertiary/aromatic N) is 4. The molecular weight excluding hydrogens is 302 g/mol. The Morgan fingerprint density at radius 3 is 3.00 bits per heavy atom. The molecule has 0 aliphatic carbocycles. The molecule has 1 aromatic carbocycles. The quantitative estimate of drug-likeness (QED) is 0.726. The maximum Gasteiger partial charge on any atom is 0.360 e. The molecule has 0 bridgehead atoms. The molecule has 102 valence electrons. The minimum Gasteiger partial charge on any atom is -0.464 e. The smallest absolute Gasteiger partial charge is 0.360 e. The van der Waals surface area contributed by atoms with Crippen LogP contribution in [-0.2, 0) is 4.74 Å². The number of carbonyl (C=O) groups is 1. The lowest BCUT2D eigenvalue weighted by Gasteiger charge is -2.08. The first-order valence-corrected chi connectivity index (χ1v) is 6.56. The van der Waals surface area contributed by atoms with Gasteiger partial charge in [0.2, 0.25) is 0 Å². The van der Waals surface area contributed by atoms with Gasteiger partial charge in [-0.3, -0.25) is 4.57 Å². The van der Waals surface area contributed by atoms with E-state index in [-0.39, 0.29) is 11.5 Å². The Labute approximate surface area is 122 Å². The zero-order valence-corrected chi connectivity index (χ0v) is 11.8. The number of esters is 1. The monoisotopic (exact) mass is 309 g/mol. The van der Waals surface area contributed by atoms with E-state index in [2.05, 4.69) is 18.5 Å². The van der Waals surface area contributed by atoms with Gasteiger partial charge in [-0.25, -0.2) is 9.78 Å². The molecule has 0 spiro atoms. The number of carbonyl (C=O) groups excluding carboxylic acids is 1. The van der Waals surface area contributed by atoms with Crippen molar-refractivity contribution in [2.75, 3.05) is 12.8 Å². The topological polar surface area (TPSA) is 95.9 Å². The molecule has 0 fully saturated rings. The molecule has 0 atom stereocenters. The molecule has 9 heteroatoms. The highest BCUT2D eigenvalue weighted by molar-refractivity contribution is 7.00. The maximum absolute atomic E-state index is 11.5. The lowest BCUT2D eigenvalue weighted by atomic mass is 10.2. The summed E-state index contributed by atoms with van der Waals surface area (Å²) >= 11 is 7.27. The van der Waals surface area contributed by atoms with Crippen LogP contribution in [0.3, 0.4) is 0 Å². The van der Waals surface area contributed by atoms with Gasteiger partial charge < -0.3 is 10.5 Å². The predicted molar refractivity (Wildman–Crippen MR) is 75.3 cm³/mol. The summed E-state index contributed by atoms with van der Waals surface area (Å²) in [5.41, 5.74) is 7.80. The minimum absolute atomic E-state index is 0.0313. The summed E-state index contributed by atoms with van der Waals surface area (Å²) in [6.45, 7) is 0. The van der Waals surface area contributed by atoms with Gasteiger partial charge in [-0.05, 0) is 12.1 Å². The number of fused-ring (bicyclic) bond motifs is 1. The predicted octanol–water partition coefficient (Wildman–Crippen LogP) is 1.90. The van der Waals surface area contributed by atoms with Crippen molar-refractivity contribution in [2.45, 2.75) is 0 Å². The van der Waals surface area contributed by atoms with E-state index in [1.807, 2.05) is 0 Å². The van der Waals surface area contributed by atoms with Gasteiger partial charge in [0.05, 0.1) is 29.5 Å². The summed E-state index contributed by atoms with van der Waals surface area (Å²) in [5, 5.41) is 0.436. The average Bonchev–Trinajstić information content (AvgIpc) is 3.05. The van der Waals surface area contributed by atoms with E-state index in [1.165, 1.54) is 18.0 Å². The van der Waals surface area contributed by atoms with Crippen LogP contribution in [-0.4, -0.2) is 31.4 Å². The van der Waals surface area contributed by atoms with Gasteiger partial charge in [-0.2, -0.15) is 8.75 Å². The molecule has 0 radical (unpaired) electrons. The highest BCUT2D eigenvalue weighted by atomic mass is 35.5. The number of halogens is 1. The Bertz CT molecular complexity index is 812. The van der Waals surface area contributed by atoms with Crippen molar-refractivity contribution in [2.24, 2.45) is 0 Å². The van der Waals surface area contributed by atoms with Crippen LogP contribution in [0.2, 0.25) is 5.02 Å². The van der Waals surface area contributed by atoms with Crippen molar-refractivity contribution in [3.05, 3.63) is 29.2 Å². The first-order valence-electron chi connectivity index (χ1n) is 5.45. The van der Waals surface area contributed by atoms with Crippen LogP contribution < -0.4 is 5.73 Å². The molecule has 0 aliphatic rings. The van der Waals surface area contributed by atoms with Gasteiger partial charge in [-0.1, -0.05) is 11.6 Å². The van der Waals surface area contributed by atoms with Crippen molar-refractivity contribution in [3.8, 4) is 5.69 Å². The highest BCUT2D eigenvalue weighted by Gasteiger charge is 2.20. The molecule has 7 nitrogen and oxygen atoms in total. The molecule has 3 rings (SSSR count). The van der Waals surface area contributed by atoms with Crippen LogP contribution in [0.25, 0.3) is 16.7 Å². The van der Waals surface area contributed by atoms with Gasteiger partial charge in [0, 0.05) is 0 Å². The normalized spacial score (nSPS) is 10.9. The second kappa shape index (κ2) is 4.73. The van der Waals surface area contributed by atoms with E-state index in [0.29, 0.717) is 21.7 Å². The second-order valence-electron chi connectivity index (χ2n) is 3.87. The molecule has 0 amide bonds. The zero-order chi connectivity index (χ0) is 14.3. The standard InChI is InChI=1S/C11H8ClN5O2S/c1-19-11(18)8-10(13)17(4-14-8)9-5(12)2-3-6-7(9)16-20-15-6/h2-4H,13H2,1H3. The number of nitrogens with two attached hydrogens (primary N) is 1. The van der Waals surface area contributed by atoms with Gasteiger partial charge >= 0.3 is 5.97 Å². The molecule has 0 aliphatic heterocycles. The van der Waals surface area contributed by atoms with Crippen LogP contribution >= 0.6 is 23.3 Å². The number of hydrogen-bond donors (Lipinski definition) is 1. The van der Waals surface area contributed by atoms with Crippen LogP contribution in [0, 0.1) is 0 Å². The Balaban J connectivity index is 2.26. The second-order valence-corrected chi connectivity index (χ2v) is 4.80. The van der Waals surface area contributed by atoms with Gasteiger partial charge in [-0.15, -0.1) is 0 Å². The van der Waals surface area contributed by atoms with E-state index in [9.17, 15) is 4.79 Å². The molecule has 2 aromatic heterocycles. The number of nitrogen functional groups attached to an aromatic ring is 1. The third-order valence-corrected chi connectivity index (χ3v) is 3.62. The molecule has 2 N–H and O–H groups in total. The number of hydrogen-bond acceptors (Lipinski definition) is 7. The summed E-state index contributed by atoms with van der Waals surface area (Å²) in [4.78, 5) is 15.5. The van der Waals surface area contributed by atoms with Crippen molar-refractivity contribution in [1.29, 1.82) is 0 Å². The number of methoxy groups -OCH3 is 1. The Morgan fingerprint density at radius 2 is 2.25 bits per heavy atom. The third kappa shape index (κ3) is 1.81. The van der Waals surface area contributed by atoms with Crippen LogP contribution in [0.1, 0.15) is 10.5 Å². The molecule has 0 saturated carbocycles. The van der Waals surface area contributed by atoms with Crippen molar-refractivity contribution in [1.82, 2.24) is 18.3 Å². The Hall–Kier alpha value is -2.19. The minimum atomic E-state index is -0.610. The fraction of sp³-hybridized carbons (Fsp3) is 0.0909. The van der Waals surface area contributed by atoms with E-state index >= 15 is 0 Å². The average molecular weight is 310 g/mol. The summed E-state index contributed by atoms with van der Waals surface area (Å²) in [7, 11) is 1.26. The van der Waals surface area contributed by atoms with Crippen molar-refractivity contribution < 1.29 is 9.53 Å². The lowest BCUT2D eigenvalue weighted by Crippen LogP contribution is -2.08. The van der Waals surface area contributed by atoms with Crippen LogP contribution in [0.15, 0.2) is 18.5 Å². The summed E-state index contributed by atoms with van der Waals surface area (Å²) in [6.07, 6.45) is 1.40. The maximum atomic E-state index is 11.5.